The number of hydrogen-bond acceptors (Lipinski definition) is 4. The van der Waals surface area contributed by atoms with E-state index >= 15 is 0 Å². The third-order valence-electron chi connectivity index (χ3n) is 3.19. The van der Waals surface area contributed by atoms with Crippen LogP contribution in [0.1, 0.15) is 31.3 Å². The fourth-order valence-electron chi connectivity index (χ4n) is 2.02. The molecule has 0 aliphatic heterocycles. The van der Waals surface area contributed by atoms with E-state index in [1.807, 2.05) is 40.1 Å². The second-order valence-electron chi connectivity index (χ2n) is 5.47. The van der Waals surface area contributed by atoms with Gasteiger partial charge in [-0.2, -0.15) is 0 Å². The van der Waals surface area contributed by atoms with Crippen LogP contribution in [0.2, 0.25) is 0 Å². The van der Waals surface area contributed by atoms with Crippen LogP contribution in [0.3, 0.4) is 0 Å². The lowest BCUT2D eigenvalue weighted by Crippen LogP contribution is -2.45. The standard InChI is InChI=1S/C15H27N3O2/c1-5-6-14(16)15(19)18(10-9-17(3)4)11-13-8-7-12(2)20-13/h7-8,14H,5-6,9-11,16H2,1-4H3/t14-/m1/s1. The molecule has 0 spiro atoms. The van der Waals surface area contributed by atoms with Crippen LogP contribution in [0.25, 0.3) is 0 Å². The van der Waals surface area contributed by atoms with E-state index in [9.17, 15) is 4.79 Å². The Bertz CT molecular complexity index is 415. The minimum absolute atomic E-state index is 0.00255. The molecule has 1 rings (SSSR count). The number of aryl methyl sites for hydroxylation is 1. The van der Waals surface area contributed by atoms with Gasteiger partial charge < -0.3 is 20.0 Å². The van der Waals surface area contributed by atoms with Crippen LogP contribution in [0, 0.1) is 6.92 Å². The largest absolute Gasteiger partial charge is 0.464 e. The second kappa shape index (κ2) is 8.07. The van der Waals surface area contributed by atoms with Gasteiger partial charge in [0, 0.05) is 13.1 Å². The maximum atomic E-state index is 12.4. The number of carbonyl (C=O) groups is 1. The van der Waals surface area contributed by atoms with Gasteiger partial charge in [0.15, 0.2) is 0 Å². The van der Waals surface area contributed by atoms with Crippen molar-refractivity contribution in [3.8, 4) is 0 Å². The predicted octanol–water partition coefficient (Wildman–Crippen LogP) is 1.61. The Morgan fingerprint density at radius 2 is 2.05 bits per heavy atom. The van der Waals surface area contributed by atoms with Gasteiger partial charge in [-0.1, -0.05) is 13.3 Å². The third-order valence-corrected chi connectivity index (χ3v) is 3.19. The number of hydrogen-bond donors (Lipinski definition) is 1. The highest BCUT2D eigenvalue weighted by Gasteiger charge is 2.21. The van der Waals surface area contributed by atoms with E-state index in [0.29, 0.717) is 19.5 Å². The molecule has 2 N–H and O–H groups in total. The minimum atomic E-state index is -0.418. The van der Waals surface area contributed by atoms with Crippen molar-refractivity contribution in [3.05, 3.63) is 23.7 Å². The molecule has 5 heteroatoms. The number of carbonyl (C=O) groups excluding carboxylic acids is 1. The van der Waals surface area contributed by atoms with Crippen molar-refractivity contribution in [3.63, 3.8) is 0 Å². The van der Waals surface area contributed by atoms with Crippen LogP contribution >= 0.6 is 0 Å². The van der Waals surface area contributed by atoms with E-state index in [0.717, 1.165) is 24.5 Å². The summed E-state index contributed by atoms with van der Waals surface area (Å²) in [6.07, 6.45) is 1.63. The lowest BCUT2D eigenvalue weighted by molar-refractivity contribution is -0.133. The van der Waals surface area contributed by atoms with Crippen molar-refractivity contribution >= 4 is 5.91 Å². The lowest BCUT2D eigenvalue weighted by atomic mass is 10.1. The molecule has 1 amide bonds. The molecule has 0 unspecified atom stereocenters. The quantitative estimate of drug-likeness (QED) is 0.786. The van der Waals surface area contributed by atoms with Crippen molar-refractivity contribution in [1.29, 1.82) is 0 Å². The van der Waals surface area contributed by atoms with Gasteiger partial charge in [-0.15, -0.1) is 0 Å². The molecule has 0 saturated heterocycles. The van der Waals surface area contributed by atoms with Crippen molar-refractivity contribution in [1.82, 2.24) is 9.80 Å². The molecular weight excluding hydrogens is 254 g/mol. The van der Waals surface area contributed by atoms with E-state index < -0.39 is 6.04 Å². The van der Waals surface area contributed by atoms with E-state index in [1.165, 1.54) is 0 Å². The highest BCUT2D eigenvalue weighted by molar-refractivity contribution is 5.81. The summed E-state index contributed by atoms with van der Waals surface area (Å²) in [6.45, 7) is 5.89. The Morgan fingerprint density at radius 3 is 2.55 bits per heavy atom. The van der Waals surface area contributed by atoms with Crippen LogP contribution < -0.4 is 5.73 Å². The Hall–Kier alpha value is -1.33. The molecule has 0 aliphatic carbocycles. The zero-order valence-corrected chi connectivity index (χ0v) is 13.1. The molecule has 0 radical (unpaired) electrons. The van der Waals surface area contributed by atoms with Gasteiger partial charge in [-0.05, 0) is 39.6 Å². The molecule has 1 atom stereocenters. The first-order valence-corrected chi connectivity index (χ1v) is 7.18. The zero-order valence-electron chi connectivity index (χ0n) is 13.1. The first-order valence-electron chi connectivity index (χ1n) is 7.18. The summed E-state index contributed by atoms with van der Waals surface area (Å²) in [4.78, 5) is 16.2. The molecule has 0 aliphatic rings. The molecule has 5 nitrogen and oxygen atoms in total. The molecule has 0 saturated carbocycles. The van der Waals surface area contributed by atoms with Crippen LogP contribution in [0.15, 0.2) is 16.5 Å². The van der Waals surface area contributed by atoms with Crippen LogP contribution in [0.5, 0.6) is 0 Å². The third kappa shape index (κ3) is 5.35. The van der Waals surface area contributed by atoms with E-state index in [-0.39, 0.29) is 5.91 Å². The molecule has 1 heterocycles. The molecule has 1 aromatic rings. The molecule has 0 fully saturated rings. The van der Waals surface area contributed by atoms with Crippen LogP contribution in [0.4, 0.5) is 0 Å². The van der Waals surface area contributed by atoms with Gasteiger partial charge in [0.1, 0.15) is 11.5 Å². The fourth-order valence-corrected chi connectivity index (χ4v) is 2.02. The Labute approximate surface area is 121 Å². The molecule has 0 bridgehead atoms. The number of amides is 1. The summed E-state index contributed by atoms with van der Waals surface area (Å²) in [5, 5.41) is 0. The lowest BCUT2D eigenvalue weighted by Gasteiger charge is -2.26. The van der Waals surface area contributed by atoms with E-state index in [4.69, 9.17) is 10.2 Å². The van der Waals surface area contributed by atoms with Gasteiger partial charge in [-0.25, -0.2) is 0 Å². The fraction of sp³-hybridized carbons (Fsp3) is 0.667. The van der Waals surface area contributed by atoms with Gasteiger partial charge in [0.2, 0.25) is 5.91 Å². The Balaban J connectivity index is 2.70. The van der Waals surface area contributed by atoms with Gasteiger partial charge in [0.05, 0.1) is 12.6 Å². The number of likely N-dealkylation sites (N-methyl/N-ethyl adjacent to an activating group) is 1. The number of nitrogens with zero attached hydrogens (tertiary/aromatic N) is 2. The maximum Gasteiger partial charge on any atom is 0.239 e. The summed E-state index contributed by atoms with van der Waals surface area (Å²) >= 11 is 0. The number of nitrogens with two attached hydrogens (primary N) is 1. The summed E-state index contributed by atoms with van der Waals surface area (Å²) in [6, 6.07) is 3.41. The maximum absolute atomic E-state index is 12.4. The van der Waals surface area contributed by atoms with Crippen molar-refractivity contribution < 1.29 is 9.21 Å². The summed E-state index contributed by atoms with van der Waals surface area (Å²) in [5.41, 5.74) is 5.96. The first kappa shape index (κ1) is 16.7. The highest BCUT2D eigenvalue weighted by atomic mass is 16.3. The Kier molecular flexibility index (Phi) is 6.75. The van der Waals surface area contributed by atoms with Gasteiger partial charge in [-0.3, -0.25) is 4.79 Å². The van der Waals surface area contributed by atoms with Crippen molar-refractivity contribution in [2.24, 2.45) is 5.73 Å². The Morgan fingerprint density at radius 1 is 1.35 bits per heavy atom. The average Bonchev–Trinajstić information content (AvgIpc) is 2.79. The monoisotopic (exact) mass is 281 g/mol. The van der Waals surface area contributed by atoms with E-state index in [2.05, 4.69) is 4.90 Å². The van der Waals surface area contributed by atoms with Crippen LogP contribution in [-0.4, -0.2) is 48.9 Å². The van der Waals surface area contributed by atoms with E-state index in [1.54, 1.807) is 4.90 Å². The van der Waals surface area contributed by atoms with Crippen molar-refractivity contribution in [2.75, 3.05) is 27.2 Å². The average molecular weight is 281 g/mol. The molecule has 114 valence electrons. The van der Waals surface area contributed by atoms with Crippen LogP contribution in [-0.2, 0) is 11.3 Å². The summed E-state index contributed by atoms with van der Waals surface area (Å²) < 4.78 is 5.56. The zero-order chi connectivity index (χ0) is 15.1. The van der Waals surface area contributed by atoms with Gasteiger partial charge in [0.25, 0.3) is 0 Å². The molecule has 1 aromatic heterocycles. The number of furan rings is 1. The predicted molar refractivity (Wildman–Crippen MR) is 80.3 cm³/mol. The number of rotatable bonds is 8. The smallest absolute Gasteiger partial charge is 0.239 e. The molecule has 20 heavy (non-hydrogen) atoms. The minimum Gasteiger partial charge on any atom is -0.464 e. The normalized spacial score (nSPS) is 12.7. The van der Waals surface area contributed by atoms with Gasteiger partial charge >= 0.3 is 0 Å². The van der Waals surface area contributed by atoms with Crippen molar-refractivity contribution in [2.45, 2.75) is 39.3 Å². The molecule has 0 aromatic carbocycles. The topological polar surface area (TPSA) is 62.7 Å². The SMILES string of the molecule is CCC[C@@H](N)C(=O)N(CCN(C)C)Cc1ccc(C)o1. The molecular formula is C15H27N3O2. The first-order chi connectivity index (χ1) is 9.43. The summed E-state index contributed by atoms with van der Waals surface area (Å²) in [5.74, 6) is 1.67. The second-order valence-corrected chi connectivity index (χ2v) is 5.47. The summed E-state index contributed by atoms with van der Waals surface area (Å²) in [7, 11) is 3.98. The highest BCUT2D eigenvalue weighted by Crippen LogP contribution is 2.11.